The molecule has 4 aliphatic rings. The molecule has 3 heterocycles. The van der Waals surface area contributed by atoms with E-state index in [9.17, 15) is 0 Å². The van der Waals surface area contributed by atoms with Crippen molar-refractivity contribution in [3.63, 3.8) is 0 Å². The molecule has 1 aliphatic carbocycles. The molecule has 3 aliphatic heterocycles. The van der Waals surface area contributed by atoms with E-state index in [1.54, 1.807) is 6.21 Å². The number of aliphatic imine (C=N–C) groups is 4. The summed E-state index contributed by atoms with van der Waals surface area (Å²) in [7, 11) is 0. The van der Waals surface area contributed by atoms with Crippen LogP contribution in [-0.4, -0.2) is 72.4 Å². The molecule has 142 valence electrons. The molecule has 1 fully saturated rings. The van der Waals surface area contributed by atoms with Crippen LogP contribution >= 0.6 is 23.2 Å². The largest absolute Gasteiger partial charge is 0.347 e. The Bertz CT molecular complexity index is 637. The zero-order chi connectivity index (χ0) is 17.9. The number of halogens is 2. The molecule has 6 unspecified atom stereocenters. The predicted molar refractivity (Wildman–Crippen MR) is 106 cm³/mol. The van der Waals surface area contributed by atoms with Crippen molar-refractivity contribution in [3.05, 3.63) is 0 Å². The molecule has 0 bridgehead atoms. The number of fused-ring (bicyclic) bond motifs is 1. The summed E-state index contributed by atoms with van der Waals surface area (Å²) >= 11 is 12.4. The Labute approximate surface area is 163 Å². The molecule has 4 rings (SSSR count). The van der Waals surface area contributed by atoms with Crippen LogP contribution in [0, 0.1) is 0 Å². The summed E-state index contributed by atoms with van der Waals surface area (Å²) in [6.45, 7) is 1.24. The van der Waals surface area contributed by atoms with E-state index in [0.29, 0.717) is 13.1 Å². The molecule has 1 saturated carbocycles. The molecule has 0 amide bonds. The summed E-state index contributed by atoms with van der Waals surface area (Å²) in [5.74, 6) is 0. The van der Waals surface area contributed by atoms with Gasteiger partial charge < -0.3 is 9.47 Å². The van der Waals surface area contributed by atoms with Gasteiger partial charge in [0.2, 0.25) is 0 Å². The van der Waals surface area contributed by atoms with Gasteiger partial charge in [-0.2, -0.15) is 0 Å². The fraction of sp³-hybridized carbons (Fsp3) is 0.778. The van der Waals surface area contributed by atoms with Crippen LogP contribution in [0.3, 0.4) is 0 Å². The van der Waals surface area contributed by atoms with Crippen LogP contribution in [0.2, 0.25) is 0 Å². The third-order valence-electron chi connectivity index (χ3n) is 4.99. The molecule has 0 aromatic rings. The maximum atomic E-state index is 6.24. The van der Waals surface area contributed by atoms with Crippen molar-refractivity contribution < 1.29 is 9.47 Å². The van der Waals surface area contributed by atoms with Gasteiger partial charge in [0.05, 0.1) is 47.5 Å². The molecule has 0 spiro atoms. The second kappa shape index (κ2) is 8.46. The quantitative estimate of drug-likeness (QED) is 0.682. The number of ether oxygens (including phenoxy) is 2. The maximum Gasteiger partial charge on any atom is 0.195 e. The molecule has 0 aromatic carbocycles. The molecule has 26 heavy (non-hydrogen) atoms. The minimum Gasteiger partial charge on any atom is -0.347 e. The number of hydrogen-bond donors (Lipinski definition) is 0. The van der Waals surface area contributed by atoms with Crippen LogP contribution in [-0.2, 0) is 9.47 Å². The lowest BCUT2D eigenvalue weighted by Gasteiger charge is -2.34. The zero-order valence-electron chi connectivity index (χ0n) is 14.6. The van der Waals surface area contributed by atoms with Gasteiger partial charge >= 0.3 is 0 Å². The van der Waals surface area contributed by atoms with Crippen LogP contribution in [0.5, 0.6) is 0 Å². The molecule has 6 atom stereocenters. The molecular weight excluding hydrogens is 375 g/mol. The summed E-state index contributed by atoms with van der Waals surface area (Å²) in [6, 6.07) is 0. The van der Waals surface area contributed by atoms with Gasteiger partial charge in [-0.1, -0.05) is 0 Å². The lowest BCUT2D eigenvalue weighted by molar-refractivity contribution is -0.105. The lowest BCUT2D eigenvalue weighted by Crippen LogP contribution is -2.43. The highest BCUT2D eigenvalue weighted by Gasteiger charge is 2.35. The lowest BCUT2D eigenvalue weighted by atomic mass is 9.95. The van der Waals surface area contributed by atoms with Gasteiger partial charge in [0.1, 0.15) is 0 Å². The minimum atomic E-state index is -0.468. The van der Waals surface area contributed by atoms with Crippen LogP contribution in [0.25, 0.3) is 0 Å². The Morgan fingerprint density at radius 3 is 2.23 bits per heavy atom. The predicted octanol–water partition coefficient (Wildman–Crippen LogP) is 3.04. The second-order valence-electron chi connectivity index (χ2n) is 7.19. The van der Waals surface area contributed by atoms with E-state index in [-0.39, 0.29) is 23.0 Å². The first-order valence-corrected chi connectivity index (χ1v) is 10.3. The third-order valence-corrected chi connectivity index (χ3v) is 5.60. The van der Waals surface area contributed by atoms with Gasteiger partial charge in [0, 0.05) is 12.4 Å². The number of nitrogens with zero attached hydrogens (tertiary/aromatic N) is 4. The first-order chi connectivity index (χ1) is 12.7. The average Bonchev–Trinajstić information content (AvgIpc) is 2.62. The minimum absolute atomic E-state index is 0.000886. The Morgan fingerprint density at radius 2 is 1.54 bits per heavy atom. The molecular formula is C18H24Cl2N4O2. The van der Waals surface area contributed by atoms with Gasteiger partial charge in [-0.15, -0.1) is 23.2 Å². The van der Waals surface area contributed by atoms with Crippen molar-refractivity contribution in [2.75, 3.05) is 13.1 Å². The smallest absolute Gasteiger partial charge is 0.195 e. The molecule has 6 nitrogen and oxygen atoms in total. The summed E-state index contributed by atoms with van der Waals surface area (Å²) in [5.41, 5.74) is 2.13. The van der Waals surface area contributed by atoms with Gasteiger partial charge in [-0.05, 0) is 38.5 Å². The fourth-order valence-electron chi connectivity index (χ4n) is 3.71. The summed E-state index contributed by atoms with van der Waals surface area (Å²) in [6.07, 6.45) is 8.13. The van der Waals surface area contributed by atoms with Gasteiger partial charge in [-0.3, -0.25) is 20.0 Å². The summed E-state index contributed by atoms with van der Waals surface area (Å²) in [4.78, 5) is 18.3. The Kier molecular flexibility index (Phi) is 6.03. The standard InChI is InChI=1S/C18H24Cl2N4O2/c19-11-5-13(9-21-7-11)25-17-18(26-14-6-12(20)8-22-10-14)24-16-4-2-1-3-15(16)23-17/h7,10-14,17-18H,1-6,8-9H2. The monoisotopic (exact) mass is 398 g/mol. The normalized spacial score (nSPS) is 39.9. The van der Waals surface area contributed by atoms with E-state index in [1.165, 1.54) is 0 Å². The Balaban J connectivity index is 1.49. The van der Waals surface area contributed by atoms with Crippen molar-refractivity contribution in [1.82, 2.24) is 0 Å². The average molecular weight is 399 g/mol. The van der Waals surface area contributed by atoms with E-state index >= 15 is 0 Å². The van der Waals surface area contributed by atoms with Gasteiger partial charge in [0.15, 0.2) is 12.5 Å². The van der Waals surface area contributed by atoms with Crippen molar-refractivity contribution in [2.24, 2.45) is 20.0 Å². The highest BCUT2D eigenvalue weighted by molar-refractivity contribution is 6.43. The van der Waals surface area contributed by atoms with E-state index in [1.807, 2.05) is 6.21 Å². The molecule has 0 N–H and O–H groups in total. The maximum absolute atomic E-state index is 6.24. The van der Waals surface area contributed by atoms with E-state index in [0.717, 1.165) is 49.9 Å². The number of alkyl halides is 2. The van der Waals surface area contributed by atoms with Gasteiger partial charge in [-0.25, -0.2) is 0 Å². The summed E-state index contributed by atoms with van der Waals surface area (Å²) < 4.78 is 12.4. The molecule has 0 aromatic heterocycles. The highest BCUT2D eigenvalue weighted by atomic mass is 35.5. The Hall–Kier alpha value is -0.820. The first-order valence-electron chi connectivity index (χ1n) is 9.40. The van der Waals surface area contributed by atoms with E-state index in [2.05, 4.69) is 9.98 Å². The second-order valence-corrected chi connectivity index (χ2v) is 8.36. The van der Waals surface area contributed by atoms with Crippen molar-refractivity contribution in [2.45, 2.75) is 73.9 Å². The first kappa shape index (κ1) is 18.5. The van der Waals surface area contributed by atoms with Crippen LogP contribution < -0.4 is 0 Å². The van der Waals surface area contributed by atoms with Crippen LogP contribution in [0.15, 0.2) is 20.0 Å². The zero-order valence-corrected chi connectivity index (χ0v) is 16.1. The Morgan fingerprint density at radius 1 is 0.846 bits per heavy atom. The van der Waals surface area contributed by atoms with Crippen LogP contribution in [0.1, 0.15) is 38.5 Å². The fourth-order valence-corrected chi connectivity index (χ4v) is 4.24. The van der Waals surface area contributed by atoms with Crippen molar-refractivity contribution in [3.8, 4) is 0 Å². The van der Waals surface area contributed by atoms with Crippen LogP contribution in [0.4, 0.5) is 0 Å². The van der Waals surface area contributed by atoms with Crippen molar-refractivity contribution >= 4 is 47.1 Å². The number of hydrogen-bond acceptors (Lipinski definition) is 6. The topological polar surface area (TPSA) is 67.9 Å². The highest BCUT2D eigenvalue weighted by Crippen LogP contribution is 2.26. The van der Waals surface area contributed by atoms with Gasteiger partial charge in [0.25, 0.3) is 0 Å². The SMILES string of the molecule is ClC1C=NCC(OC2N=C3CCCCC3=NC2OC2C=NCC(Cl)C2)C1. The molecule has 0 saturated heterocycles. The number of rotatable bonds is 4. The van der Waals surface area contributed by atoms with E-state index < -0.39 is 12.5 Å². The summed E-state index contributed by atoms with van der Waals surface area (Å²) in [5, 5.41) is -0.0976. The van der Waals surface area contributed by atoms with Crippen molar-refractivity contribution in [1.29, 1.82) is 0 Å². The molecule has 8 heteroatoms. The third kappa shape index (κ3) is 4.53. The molecule has 0 radical (unpaired) electrons. The van der Waals surface area contributed by atoms with E-state index in [4.69, 9.17) is 42.7 Å².